The van der Waals surface area contributed by atoms with Crippen molar-refractivity contribution in [1.82, 2.24) is 5.32 Å². The van der Waals surface area contributed by atoms with Crippen LogP contribution in [0.4, 0.5) is 10.1 Å². The van der Waals surface area contributed by atoms with Crippen molar-refractivity contribution in [2.75, 3.05) is 5.32 Å². The summed E-state index contributed by atoms with van der Waals surface area (Å²) in [6.45, 7) is 4.62. The highest BCUT2D eigenvalue weighted by Gasteiger charge is 2.14. The monoisotopic (exact) mass is 238 g/mol. The van der Waals surface area contributed by atoms with Crippen LogP contribution in [-0.4, -0.2) is 17.9 Å². The van der Waals surface area contributed by atoms with Gasteiger partial charge in [-0.2, -0.15) is 0 Å². The van der Waals surface area contributed by atoms with Crippen LogP contribution in [0.5, 0.6) is 0 Å². The van der Waals surface area contributed by atoms with Crippen molar-refractivity contribution in [3.8, 4) is 0 Å². The van der Waals surface area contributed by atoms with E-state index in [-0.39, 0.29) is 17.6 Å². The summed E-state index contributed by atoms with van der Waals surface area (Å²) in [5.74, 6) is -0.964. The third-order valence-corrected chi connectivity index (χ3v) is 2.26. The van der Waals surface area contributed by atoms with Crippen molar-refractivity contribution in [2.45, 2.75) is 26.8 Å². The zero-order chi connectivity index (χ0) is 13.0. The lowest BCUT2D eigenvalue weighted by atomic mass is 10.2. The molecule has 1 rings (SSSR count). The first-order valence-electron chi connectivity index (χ1n) is 5.24. The molecular formula is C12H15FN2O2. The molecule has 0 aliphatic rings. The van der Waals surface area contributed by atoms with Gasteiger partial charge in [-0.25, -0.2) is 4.39 Å². The molecule has 0 spiro atoms. The van der Waals surface area contributed by atoms with Gasteiger partial charge in [-0.15, -0.1) is 0 Å². The fourth-order valence-electron chi connectivity index (χ4n) is 1.38. The molecule has 0 saturated carbocycles. The first-order valence-corrected chi connectivity index (χ1v) is 5.24. The van der Waals surface area contributed by atoms with Crippen molar-refractivity contribution in [3.63, 3.8) is 0 Å². The molecule has 92 valence electrons. The van der Waals surface area contributed by atoms with Crippen molar-refractivity contribution in [1.29, 1.82) is 0 Å². The number of carbonyl (C=O) groups is 2. The molecular weight excluding hydrogens is 223 g/mol. The Morgan fingerprint density at radius 3 is 2.53 bits per heavy atom. The van der Waals surface area contributed by atoms with Gasteiger partial charge in [0.1, 0.15) is 11.9 Å². The SMILES string of the molecule is CC(=O)NC(C)C(=O)Nc1ccc(F)cc1C. The molecule has 0 fully saturated rings. The molecule has 4 nitrogen and oxygen atoms in total. The van der Waals surface area contributed by atoms with E-state index in [2.05, 4.69) is 10.6 Å². The molecule has 1 aromatic rings. The molecule has 0 heterocycles. The predicted molar refractivity (Wildman–Crippen MR) is 63.0 cm³/mol. The van der Waals surface area contributed by atoms with Crippen LogP contribution in [-0.2, 0) is 9.59 Å². The van der Waals surface area contributed by atoms with E-state index < -0.39 is 6.04 Å². The summed E-state index contributed by atoms with van der Waals surface area (Å²) >= 11 is 0. The topological polar surface area (TPSA) is 58.2 Å². The van der Waals surface area contributed by atoms with Gasteiger partial charge < -0.3 is 10.6 Å². The Labute approximate surface area is 99.2 Å². The fraction of sp³-hybridized carbons (Fsp3) is 0.333. The lowest BCUT2D eigenvalue weighted by molar-refractivity contribution is -0.124. The maximum Gasteiger partial charge on any atom is 0.246 e. The molecule has 0 saturated heterocycles. The smallest absolute Gasteiger partial charge is 0.246 e. The van der Waals surface area contributed by atoms with Gasteiger partial charge in [0.05, 0.1) is 0 Å². The van der Waals surface area contributed by atoms with E-state index in [1.807, 2.05) is 0 Å². The fourth-order valence-corrected chi connectivity index (χ4v) is 1.38. The first-order chi connectivity index (χ1) is 7.90. The van der Waals surface area contributed by atoms with E-state index in [0.717, 1.165) is 0 Å². The second-order valence-corrected chi connectivity index (χ2v) is 3.87. The molecule has 0 radical (unpaired) electrons. The minimum atomic E-state index is -0.628. The Bertz CT molecular complexity index is 446. The summed E-state index contributed by atoms with van der Waals surface area (Å²) in [6.07, 6.45) is 0. The second kappa shape index (κ2) is 5.43. The van der Waals surface area contributed by atoms with E-state index >= 15 is 0 Å². The highest BCUT2D eigenvalue weighted by molar-refractivity contribution is 5.97. The summed E-state index contributed by atoms with van der Waals surface area (Å²) in [5, 5.41) is 5.09. The number of hydrogen-bond acceptors (Lipinski definition) is 2. The zero-order valence-electron chi connectivity index (χ0n) is 10.0. The van der Waals surface area contributed by atoms with Crippen molar-refractivity contribution in [2.24, 2.45) is 0 Å². The Kier molecular flexibility index (Phi) is 4.20. The van der Waals surface area contributed by atoms with Gasteiger partial charge in [-0.05, 0) is 37.6 Å². The Morgan fingerprint density at radius 2 is 2.00 bits per heavy atom. The summed E-state index contributed by atoms with van der Waals surface area (Å²) in [4.78, 5) is 22.4. The van der Waals surface area contributed by atoms with Gasteiger partial charge >= 0.3 is 0 Å². The highest BCUT2D eigenvalue weighted by Crippen LogP contribution is 2.15. The van der Waals surface area contributed by atoms with Gasteiger partial charge in [0.15, 0.2) is 0 Å². The van der Waals surface area contributed by atoms with Gasteiger partial charge in [0.25, 0.3) is 0 Å². The standard InChI is InChI=1S/C12H15FN2O2/c1-7-6-10(13)4-5-11(7)15-12(17)8(2)14-9(3)16/h4-6,8H,1-3H3,(H,14,16)(H,15,17). The summed E-state index contributed by atoms with van der Waals surface area (Å²) in [5.41, 5.74) is 1.17. The molecule has 17 heavy (non-hydrogen) atoms. The van der Waals surface area contributed by atoms with Crippen LogP contribution >= 0.6 is 0 Å². The molecule has 0 aliphatic carbocycles. The average Bonchev–Trinajstić information content (AvgIpc) is 2.21. The molecule has 0 aromatic heterocycles. The molecule has 0 bridgehead atoms. The number of anilines is 1. The molecule has 2 amide bonds. The molecule has 0 aliphatic heterocycles. The lowest BCUT2D eigenvalue weighted by Gasteiger charge is -2.14. The Hall–Kier alpha value is -1.91. The van der Waals surface area contributed by atoms with Crippen LogP contribution in [0.1, 0.15) is 19.4 Å². The third-order valence-electron chi connectivity index (χ3n) is 2.26. The first kappa shape index (κ1) is 13.2. The molecule has 1 aromatic carbocycles. The number of hydrogen-bond donors (Lipinski definition) is 2. The van der Waals surface area contributed by atoms with E-state index in [4.69, 9.17) is 0 Å². The average molecular weight is 238 g/mol. The largest absolute Gasteiger partial charge is 0.345 e. The predicted octanol–water partition coefficient (Wildman–Crippen LogP) is 1.60. The van der Waals surface area contributed by atoms with Crippen LogP contribution < -0.4 is 10.6 Å². The van der Waals surface area contributed by atoms with Crippen LogP contribution in [0, 0.1) is 12.7 Å². The van der Waals surface area contributed by atoms with Crippen molar-refractivity contribution in [3.05, 3.63) is 29.6 Å². The minimum Gasteiger partial charge on any atom is -0.345 e. The van der Waals surface area contributed by atoms with E-state index in [1.54, 1.807) is 13.8 Å². The Morgan fingerprint density at radius 1 is 1.35 bits per heavy atom. The third kappa shape index (κ3) is 3.86. The van der Waals surface area contributed by atoms with Crippen LogP contribution in [0.3, 0.4) is 0 Å². The number of benzene rings is 1. The minimum absolute atomic E-state index is 0.275. The summed E-state index contributed by atoms with van der Waals surface area (Å²) in [7, 11) is 0. The number of rotatable bonds is 3. The zero-order valence-corrected chi connectivity index (χ0v) is 10.0. The van der Waals surface area contributed by atoms with Crippen molar-refractivity contribution >= 4 is 17.5 Å². The van der Waals surface area contributed by atoms with E-state index in [9.17, 15) is 14.0 Å². The van der Waals surface area contributed by atoms with E-state index in [1.165, 1.54) is 25.1 Å². The normalized spacial score (nSPS) is 11.8. The number of carbonyl (C=O) groups excluding carboxylic acids is 2. The van der Waals surface area contributed by atoms with Crippen LogP contribution in [0.25, 0.3) is 0 Å². The summed E-state index contributed by atoms with van der Waals surface area (Å²) in [6, 6.07) is 3.46. The lowest BCUT2D eigenvalue weighted by Crippen LogP contribution is -2.40. The Balaban J connectivity index is 2.71. The molecule has 1 atom stereocenters. The quantitative estimate of drug-likeness (QED) is 0.840. The summed E-state index contributed by atoms with van der Waals surface area (Å²) < 4.78 is 12.8. The van der Waals surface area contributed by atoms with Gasteiger partial charge in [0, 0.05) is 12.6 Å². The second-order valence-electron chi connectivity index (χ2n) is 3.87. The van der Waals surface area contributed by atoms with Gasteiger partial charge in [-0.3, -0.25) is 9.59 Å². The number of halogens is 1. The highest BCUT2D eigenvalue weighted by atomic mass is 19.1. The number of aryl methyl sites for hydroxylation is 1. The molecule has 2 N–H and O–H groups in total. The van der Waals surface area contributed by atoms with Crippen LogP contribution in [0.15, 0.2) is 18.2 Å². The number of amides is 2. The van der Waals surface area contributed by atoms with E-state index in [0.29, 0.717) is 11.3 Å². The number of nitrogens with one attached hydrogen (secondary N) is 2. The maximum atomic E-state index is 12.8. The molecule has 1 unspecified atom stereocenters. The maximum absolute atomic E-state index is 12.8. The van der Waals surface area contributed by atoms with Crippen molar-refractivity contribution < 1.29 is 14.0 Å². The van der Waals surface area contributed by atoms with Gasteiger partial charge in [0.2, 0.25) is 11.8 Å². The van der Waals surface area contributed by atoms with Gasteiger partial charge in [-0.1, -0.05) is 0 Å². The molecule has 5 heteroatoms. The van der Waals surface area contributed by atoms with Crippen LogP contribution in [0.2, 0.25) is 0 Å².